The molecule has 0 radical (unpaired) electrons. The number of nitrogens with zero attached hydrogens (tertiary/aromatic N) is 3. The molecule has 0 amide bonds. The second kappa shape index (κ2) is 5.82. The van der Waals surface area contributed by atoms with Gasteiger partial charge in [-0.2, -0.15) is 0 Å². The van der Waals surface area contributed by atoms with Crippen LogP contribution in [0.15, 0.2) is 12.4 Å². The molecule has 1 aliphatic heterocycles. The molecule has 0 saturated carbocycles. The molecule has 2 N–H and O–H groups in total. The van der Waals surface area contributed by atoms with Gasteiger partial charge in [0.05, 0.1) is 25.0 Å². The van der Waals surface area contributed by atoms with Crippen LogP contribution >= 0.6 is 0 Å². The van der Waals surface area contributed by atoms with E-state index in [-0.39, 0.29) is 12.6 Å². The molecule has 0 bridgehead atoms. The van der Waals surface area contributed by atoms with Crippen molar-refractivity contribution in [2.24, 2.45) is 0 Å². The fraction of sp³-hybridized carbons (Fsp3) is 0.667. The minimum atomic E-state index is 0.189. The van der Waals surface area contributed by atoms with Gasteiger partial charge < -0.3 is 15.3 Å². The molecule has 2 rings (SSSR count). The first kappa shape index (κ1) is 12.1. The molecule has 0 spiro atoms. The standard InChI is InChI=1S/C12H20N4O/c1-2-5-14-11-7-13-8-12(15-11)16-6-3-4-10(16)9-17/h7-8,10,17H,2-6,9H2,1H3,(H,14,15). The highest BCUT2D eigenvalue weighted by Crippen LogP contribution is 2.23. The molecule has 1 fully saturated rings. The Kier molecular flexibility index (Phi) is 4.14. The summed E-state index contributed by atoms with van der Waals surface area (Å²) < 4.78 is 0. The van der Waals surface area contributed by atoms with E-state index in [0.717, 1.165) is 44.0 Å². The molecule has 0 aliphatic carbocycles. The van der Waals surface area contributed by atoms with Gasteiger partial charge in [-0.1, -0.05) is 6.92 Å². The van der Waals surface area contributed by atoms with Crippen LogP contribution < -0.4 is 10.2 Å². The topological polar surface area (TPSA) is 61.3 Å². The summed E-state index contributed by atoms with van der Waals surface area (Å²) in [7, 11) is 0. The van der Waals surface area contributed by atoms with Crippen LogP contribution in [0.1, 0.15) is 26.2 Å². The molecular weight excluding hydrogens is 216 g/mol. The highest BCUT2D eigenvalue weighted by molar-refractivity contribution is 5.45. The lowest BCUT2D eigenvalue weighted by Crippen LogP contribution is -2.32. The maximum atomic E-state index is 9.30. The SMILES string of the molecule is CCCNc1cncc(N2CCCC2CO)n1. The molecule has 17 heavy (non-hydrogen) atoms. The van der Waals surface area contributed by atoms with Gasteiger partial charge in [0.1, 0.15) is 11.6 Å². The van der Waals surface area contributed by atoms with Gasteiger partial charge in [0.15, 0.2) is 0 Å². The van der Waals surface area contributed by atoms with Gasteiger partial charge in [0, 0.05) is 13.1 Å². The van der Waals surface area contributed by atoms with Crippen LogP contribution in [0.2, 0.25) is 0 Å². The number of anilines is 2. The van der Waals surface area contributed by atoms with E-state index >= 15 is 0 Å². The normalized spacial score (nSPS) is 19.6. The third-order valence-corrected chi connectivity index (χ3v) is 3.06. The van der Waals surface area contributed by atoms with Crippen LogP contribution in [0, 0.1) is 0 Å². The number of aliphatic hydroxyl groups is 1. The molecule has 1 aliphatic rings. The van der Waals surface area contributed by atoms with Gasteiger partial charge in [0.2, 0.25) is 0 Å². The lowest BCUT2D eigenvalue weighted by molar-refractivity contribution is 0.266. The van der Waals surface area contributed by atoms with Gasteiger partial charge in [0.25, 0.3) is 0 Å². The Bertz CT molecular complexity index is 358. The summed E-state index contributed by atoms with van der Waals surface area (Å²) in [6, 6.07) is 0.200. The Hall–Kier alpha value is -1.36. The van der Waals surface area contributed by atoms with Crippen LogP contribution in [0.3, 0.4) is 0 Å². The number of rotatable bonds is 5. The summed E-state index contributed by atoms with van der Waals surface area (Å²) in [6.45, 7) is 4.17. The highest BCUT2D eigenvalue weighted by Gasteiger charge is 2.25. The monoisotopic (exact) mass is 236 g/mol. The van der Waals surface area contributed by atoms with Crippen LogP contribution in [0.25, 0.3) is 0 Å². The first-order chi connectivity index (χ1) is 8.35. The van der Waals surface area contributed by atoms with Crippen molar-refractivity contribution in [2.75, 3.05) is 29.9 Å². The smallest absolute Gasteiger partial charge is 0.149 e. The van der Waals surface area contributed by atoms with Crippen LogP contribution in [0.5, 0.6) is 0 Å². The fourth-order valence-electron chi connectivity index (χ4n) is 2.16. The van der Waals surface area contributed by atoms with Crippen molar-refractivity contribution in [3.05, 3.63) is 12.4 Å². The third kappa shape index (κ3) is 2.85. The zero-order valence-electron chi connectivity index (χ0n) is 10.3. The van der Waals surface area contributed by atoms with Crippen molar-refractivity contribution in [3.8, 4) is 0 Å². The molecular formula is C12H20N4O. The largest absolute Gasteiger partial charge is 0.394 e. The first-order valence-electron chi connectivity index (χ1n) is 6.28. The van der Waals surface area contributed by atoms with E-state index in [1.165, 1.54) is 0 Å². The molecule has 5 nitrogen and oxygen atoms in total. The molecule has 2 heterocycles. The Balaban J connectivity index is 2.09. The highest BCUT2D eigenvalue weighted by atomic mass is 16.3. The molecule has 1 aromatic rings. The number of aliphatic hydroxyl groups excluding tert-OH is 1. The van der Waals surface area contributed by atoms with Gasteiger partial charge in [-0.3, -0.25) is 4.98 Å². The van der Waals surface area contributed by atoms with E-state index in [1.807, 2.05) is 0 Å². The number of nitrogens with one attached hydrogen (secondary N) is 1. The molecule has 1 aromatic heterocycles. The fourth-order valence-corrected chi connectivity index (χ4v) is 2.16. The van der Waals surface area contributed by atoms with Crippen LogP contribution in [-0.2, 0) is 0 Å². The number of hydrogen-bond acceptors (Lipinski definition) is 5. The Morgan fingerprint density at radius 3 is 3.18 bits per heavy atom. The Morgan fingerprint density at radius 2 is 2.41 bits per heavy atom. The Labute approximate surface area is 102 Å². The van der Waals surface area contributed by atoms with Crippen molar-refractivity contribution in [2.45, 2.75) is 32.2 Å². The van der Waals surface area contributed by atoms with Gasteiger partial charge in [-0.05, 0) is 19.3 Å². The summed E-state index contributed by atoms with van der Waals surface area (Å²) >= 11 is 0. The summed E-state index contributed by atoms with van der Waals surface area (Å²) in [5.41, 5.74) is 0. The average Bonchev–Trinajstić information content (AvgIpc) is 2.85. The number of hydrogen-bond donors (Lipinski definition) is 2. The van der Waals surface area contributed by atoms with Crippen molar-refractivity contribution < 1.29 is 5.11 Å². The minimum absolute atomic E-state index is 0.189. The maximum Gasteiger partial charge on any atom is 0.149 e. The minimum Gasteiger partial charge on any atom is -0.394 e. The van der Waals surface area contributed by atoms with E-state index in [4.69, 9.17) is 0 Å². The third-order valence-electron chi connectivity index (χ3n) is 3.06. The predicted molar refractivity (Wildman–Crippen MR) is 68.3 cm³/mol. The van der Waals surface area contributed by atoms with Crippen LogP contribution in [-0.4, -0.2) is 40.8 Å². The summed E-state index contributed by atoms with van der Waals surface area (Å²) in [5, 5.41) is 12.5. The molecule has 1 saturated heterocycles. The number of aromatic nitrogens is 2. The maximum absolute atomic E-state index is 9.30. The summed E-state index contributed by atoms with van der Waals surface area (Å²) in [5.74, 6) is 1.68. The average molecular weight is 236 g/mol. The van der Waals surface area contributed by atoms with Crippen LogP contribution in [0.4, 0.5) is 11.6 Å². The van der Waals surface area contributed by atoms with Crippen molar-refractivity contribution >= 4 is 11.6 Å². The van der Waals surface area contributed by atoms with E-state index in [9.17, 15) is 5.11 Å². The zero-order valence-corrected chi connectivity index (χ0v) is 10.3. The predicted octanol–water partition coefficient (Wildman–Crippen LogP) is 1.26. The summed E-state index contributed by atoms with van der Waals surface area (Å²) in [6.07, 6.45) is 6.72. The van der Waals surface area contributed by atoms with E-state index < -0.39 is 0 Å². The van der Waals surface area contributed by atoms with Crippen molar-refractivity contribution in [1.29, 1.82) is 0 Å². The second-order valence-electron chi connectivity index (χ2n) is 4.36. The van der Waals surface area contributed by atoms with Crippen molar-refractivity contribution in [1.82, 2.24) is 9.97 Å². The molecule has 1 unspecified atom stereocenters. The van der Waals surface area contributed by atoms with Gasteiger partial charge >= 0.3 is 0 Å². The van der Waals surface area contributed by atoms with Gasteiger partial charge in [-0.25, -0.2) is 4.98 Å². The van der Waals surface area contributed by atoms with Crippen molar-refractivity contribution in [3.63, 3.8) is 0 Å². The first-order valence-corrected chi connectivity index (χ1v) is 6.28. The van der Waals surface area contributed by atoms with E-state index in [1.54, 1.807) is 12.4 Å². The zero-order chi connectivity index (χ0) is 12.1. The lowest BCUT2D eigenvalue weighted by atomic mass is 10.2. The molecule has 94 valence electrons. The van der Waals surface area contributed by atoms with E-state index in [2.05, 4.69) is 27.1 Å². The molecule has 0 aromatic carbocycles. The molecule has 1 atom stereocenters. The quantitative estimate of drug-likeness (QED) is 0.806. The molecule has 5 heteroatoms. The van der Waals surface area contributed by atoms with Gasteiger partial charge in [-0.15, -0.1) is 0 Å². The van der Waals surface area contributed by atoms with E-state index in [0.29, 0.717) is 0 Å². The summed E-state index contributed by atoms with van der Waals surface area (Å²) in [4.78, 5) is 10.9. The second-order valence-corrected chi connectivity index (χ2v) is 4.36. The Morgan fingerprint density at radius 1 is 1.53 bits per heavy atom. The lowest BCUT2D eigenvalue weighted by Gasteiger charge is -2.24.